The first-order chi connectivity index (χ1) is 15.7. The number of carbonyl (C=O) groups excluding carboxylic acids is 2. The Morgan fingerprint density at radius 3 is 2.55 bits per heavy atom. The first-order valence-corrected chi connectivity index (χ1v) is 10.8. The van der Waals surface area contributed by atoms with Crippen LogP contribution in [0.3, 0.4) is 0 Å². The van der Waals surface area contributed by atoms with Crippen LogP contribution in [0, 0.1) is 0 Å². The van der Waals surface area contributed by atoms with Crippen LogP contribution in [0.2, 0.25) is 0 Å². The van der Waals surface area contributed by atoms with Gasteiger partial charge in [-0.05, 0) is 42.0 Å². The molecule has 33 heavy (non-hydrogen) atoms. The molecule has 1 heterocycles. The molecule has 1 fully saturated rings. The van der Waals surface area contributed by atoms with Gasteiger partial charge in [-0.15, -0.1) is 0 Å². The Hall–Kier alpha value is -3.57. The zero-order valence-corrected chi connectivity index (χ0v) is 19.2. The number of thiocarbonyl (C=S) groups is 1. The van der Waals surface area contributed by atoms with Crippen LogP contribution >= 0.6 is 24.0 Å². The standard InChI is InChI=1S/C22H20N2O7S2/c1-30-16-6-3-12(9-17(16)31-2)10-18-20(27)24(22(32)33-18)8-7-19(26)23-13-4-5-14(21(28)29)15(25)11-13/h3-6,9-11,25H,7-8H2,1-2H3,(H,23,26)(H,28,29)/p-1/b18-10-. The van der Waals surface area contributed by atoms with E-state index in [1.807, 2.05) is 0 Å². The second-order valence-corrected chi connectivity index (χ2v) is 8.44. The molecule has 3 rings (SSSR count). The number of nitrogens with one attached hydrogen (secondary N) is 1. The highest BCUT2D eigenvalue weighted by Gasteiger charge is 2.32. The van der Waals surface area contributed by atoms with Crippen molar-refractivity contribution in [3.05, 3.63) is 52.4 Å². The Bertz CT molecular complexity index is 1160. The minimum atomic E-state index is -1.34. The first kappa shape index (κ1) is 24.1. The Morgan fingerprint density at radius 2 is 1.91 bits per heavy atom. The number of ether oxygens (including phenoxy) is 2. The number of carbonyl (C=O) groups is 3. The third kappa shape index (κ3) is 5.62. The fourth-order valence-electron chi connectivity index (χ4n) is 3.00. The fourth-order valence-corrected chi connectivity index (χ4v) is 4.31. The number of hydrogen-bond donors (Lipinski definition) is 2. The van der Waals surface area contributed by atoms with Gasteiger partial charge >= 0.3 is 5.97 Å². The van der Waals surface area contributed by atoms with Gasteiger partial charge in [0.15, 0.2) is 11.5 Å². The van der Waals surface area contributed by atoms with Crippen LogP contribution in [0.1, 0.15) is 22.3 Å². The van der Waals surface area contributed by atoms with Gasteiger partial charge < -0.3 is 25.0 Å². The smallest absolute Gasteiger partial charge is 0.335 e. The minimum Gasteiger partial charge on any atom is -0.872 e. The summed E-state index contributed by atoms with van der Waals surface area (Å²) in [4.78, 5) is 37.7. The molecule has 11 heteroatoms. The molecule has 2 amide bonds. The van der Waals surface area contributed by atoms with E-state index in [2.05, 4.69) is 5.32 Å². The van der Waals surface area contributed by atoms with Gasteiger partial charge in [-0.2, -0.15) is 0 Å². The summed E-state index contributed by atoms with van der Waals surface area (Å²) in [5, 5.41) is 23.2. The van der Waals surface area contributed by atoms with Crippen molar-refractivity contribution in [3.63, 3.8) is 0 Å². The maximum atomic E-state index is 12.8. The summed E-state index contributed by atoms with van der Waals surface area (Å²) in [7, 11) is 3.05. The Kier molecular flexibility index (Phi) is 7.56. The number of benzene rings is 2. The van der Waals surface area contributed by atoms with E-state index in [-0.39, 0.29) is 30.1 Å². The minimum absolute atomic E-state index is 0.0528. The molecule has 0 aliphatic carbocycles. The molecule has 0 unspecified atom stereocenters. The summed E-state index contributed by atoms with van der Waals surface area (Å²) >= 11 is 6.42. The van der Waals surface area contributed by atoms with Gasteiger partial charge in [0, 0.05) is 18.7 Å². The third-order valence-electron chi connectivity index (χ3n) is 4.64. The average Bonchev–Trinajstić information content (AvgIpc) is 3.04. The third-order valence-corrected chi connectivity index (χ3v) is 6.01. The van der Waals surface area contributed by atoms with Crippen LogP contribution in [0.15, 0.2) is 41.3 Å². The van der Waals surface area contributed by atoms with Gasteiger partial charge in [0.25, 0.3) is 5.91 Å². The maximum absolute atomic E-state index is 12.8. The molecule has 1 aliphatic rings. The molecule has 1 aliphatic heterocycles. The van der Waals surface area contributed by atoms with E-state index in [0.717, 1.165) is 29.5 Å². The van der Waals surface area contributed by atoms with E-state index < -0.39 is 17.6 Å². The highest BCUT2D eigenvalue weighted by molar-refractivity contribution is 8.26. The van der Waals surface area contributed by atoms with Gasteiger partial charge in [0.2, 0.25) is 5.91 Å². The number of amides is 2. The fraction of sp³-hybridized carbons (Fsp3) is 0.182. The molecule has 9 nitrogen and oxygen atoms in total. The topological polar surface area (TPSA) is 128 Å². The lowest BCUT2D eigenvalue weighted by Crippen LogP contribution is -2.31. The number of hydrogen-bond acceptors (Lipinski definition) is 8. The van der Waals surface area contributed by atoms with Crippen LogP contribution in [0.4, 0.5) is 5.69 Å². The van der Waals surface area contributed by atoms with Crippen molar-refractivity contribution < 1.29 is 34.1 Å². The zero-order valence-electron chi connectivity index (χ0n) is 17.6. The summed E-state index contributed by atoms with van der Waals surface area (Å²) in [6.45, 7) is 0.0528. The second-order valence-electron chi connectivity index (χ2n) is 6.76. The number of anilines is 1. The maximum Gasteiger partial charge on any atom is 0.335 e. The summed E-state index contributed by atoms with van der Waals surface area (Å²) in [5.41, 5.74) is 0.518. The molecule has 0 saturated carbocycles. The van der Waals surface area contributed by atoms with Crippen LogP contribution in [-0.2, 0) is 9.59 Å². The molecule has 0 bridgehead atoms. The van der Waals surface area contributed by atoms with E-state index in [4.69, 9.17) is 26.8 Å². The Labute approximate surface area is 199 Å². The molecule has 0 radical (unpaired) electrons. The molecule has 2 aromatic carbocycles. The van der Waals surface area contributed by atoms with E-state index in [0.29, 0.717) is 20.7 Å². The first-order valence-electron chi connectivity index (χ1n) is 9.55. The second kappa shape index (κ2) is 10.4. The average molecular weight is 488 g/mol. The molecule has 172 valence electrons. The number of carboxylic acid groups (broad SMARTS) is 1. The predicted molar refractivity (Wildman–Crippen MR) is 126 cm³/mol. The van der Waals surface area contributed by atoms with Crippen molar-refractivity contribution >= 4 is 57.8 Å². The predicted octanol–water partition coefficient (Wildman–Crippen LogP) is 2.71. The number of methoxy groups -OCH3 is 2. The summed E-state index contributed by atoms with van der Waals surface area (Å²) < 4.78 is 10.8. The molecular formula is C22H19N2O7S2-. The highest BCUT2D eigenvalue weighted by atomic mass is 32.2. The van der Waals surface area contributed by atoms with Gasteiger partial charge in [0.1, 0.15) is 4.32 Å². The van der Waals surface area contributed by atoms with Gasteiger partial charge in [-0.1, -0.05) is 35.8 Å². The van der Waals surface area contributed by atoms with Crippen molar-refractivity contribution in [2.75, 3.05) is 26.1 Å². The lowest BCUT2D eigenvalue weighted by molar-refractivity contribution is -0.268. The van der Waals surface area contributed by atoms with E-state index >= 15 is 0 Å². The zero-order chi connectivity index (χ0) is 24.1. The largest absolute Gasteiger partial charge is 0.872 e. The quantitative estimate of drug-likeness (QED) is 0.427. The summed E-state index contributed by atoms with van der Waals surface area (Å²) in [6.07, 6.45) is 1.62. The van der Waals surface area contributed by atoms with Gasteiger partial charge in [-0.25, -0.2) is 4.79 Å². The Morgan fingerprint density at radius 1 is 1.18 bits per heavy atom. The molecule has 0 aromatic heterocycles. The molecular weight excluding hydrogens is 468 g/mol. The summed E-state index contributed by atoms with van der Waals surface area (Å²) in [5.74, 6) is -1.73. The van der Waals surface area contributed by atoms with E-state index in [1.165, 1.54) is 25.2 Å². The number of aromatic carboxylic acids is 1. The van der Waals surface area contributed by atoms with Crippen molar-refractivity contribution in [1.29, 1.82) is 0 Å². The Balaban J connectivity index is 1.63. The molecule has 0 atom stereocenters. The van der Waals surface area contributed by atoms with Crippen LogP contribution in [-0.4, -0.2) is 52.9 Å². The van der Waals surface area contributed by atoms with Crippen molar-refractivity contribution in [1.82, 2.24) is 4.90 Å². The number of nitrogens with zero attached hydrogens (tertiary/aromatic N) is 1. The van der Waals surface area contributed by atoms with E-state index in [9.17, 15) is 19.5 Å². The number of thioether (sulfide) groups is 1. The number of carboxylic acids is 1. The van der Waals surface area contributed by atoms with Gasteiger partial charge in [-0.3, -0.25) is 14.5 Å². The SMILES string of the molecule is COc1ccc(/C=C2\SC(=S)N(CCC(=O)Nc3ccc(C(=O)O)c([O-])c3)C2=O)cc1OC. The van der Waals surface area contributed by atoms with Crippen LogP contribution < -0.4 is 19.9 Å². The van der Waals surface area contributed by atoms with Crippen molar-refractivity contribution in [2.24, 2.45) is 0 Å². The normalized spacial score (nSPS) is 14.5. The summed E-state index contributed by atoms with van der Waals surface area (Å²) in [6, 6.07) is 8.73. The monoisotopic (exact) mass is 487 g/mol. The van der Waals surface area contributed by atoms with Crippen LogP contribution in [0.25, 0.3) is 6.08 Å². The lowest BCUT2D eigenvalue weighted by Gasteiger charge is -2.15. The van der Waals surface area contributed by atoms with E-state index in [1.54, 1.807) is 24.3 Å². The molecule has 1 saturated heterocycles. The molecule has 0 spiro atoms. The molecule has 2 N–H and O–H groups in total. The van der Waals surface area contributed by atoms with Crippen molar-refractivity contribution in [3.8, 4) is 17.2 Å². The highest BCUT2D eigenvalue weighted by Crippen LogP contribution is 2.34. The van der Waals surface area contributed by atoms with Crippen molar-refractivity contribution in [2.45, 2.75) is 6.42 Å². The molecule has 2 aromatic rings. The van der Waals surface area contributed by atoms with Crippen LogP contribution in [0.5, 0.6) is 17.2 Å². The lowest BCUT2D eigenvalue weighted by atomic mass is 10.1. The number of rotatable bonds is 8. The van der Waals surface area contributed by atoms with Gasteiger partial charge in [0.05, 0.1) is 24.7 Å².